The number of hydrogen-bond donors (Lipinski definition) is 0. The molecule has 2 aliphatic rings. The Labute approximate surface area is 122 Å². The van der Waals surface area contributed by atoms with Crippen LogP contribution in [-0.4, -0.2) is 47.3 Å². The third-order valence-corrected chi connectivity index (χ3v) is 4.82. The molecule has 0 saturated carbocycles. The predicted molar refractivity (Wildman–Crippen MR) is 79.2 cm³/mol. The standard InChI is InChI=1S/C16H28N2O2/c1-4-13-9-5-6-12-18(13)15(20)16(2,3)14(19)17-10-7-8-11-17/h13H,4-12H2,1-3H3. The van der Waals surface area contributed by atoms with Crippen molar-refractivity contribution < 1.29 is 9.59 Å². The van der Waals surface area contributed by atoms with Gasteiger partial charge in [-0.25, -0.2) is 0 Å². The van der Waals surface area contributed by atoms with E-state index in [-0.39, 0.29) is 11.8 Å². The van der Waals surface area contributed by atoms with Gasteiger partial charge in [0.1, 0.15) is 5.41 Å². The van der Waals surface area contributed by atoms with E-state index >= 15 is 0 Å². The van der Waals surface area contributed by atoms with Gasteiger partial charge in [-0.05, 0) is 52.4 Å². The Balaban J connectivity index is 2.10. The highest BCUT2D eigenvalue weighted by atomic mass is 16.2. The van der Waals surface area contributed by atoms with Gasteiger partial charge in [0.25, 0.3) is 0 Å². The zero-order valence-electron chi connectivity index (χ0n) is 13.2. The SMILES string of the molecule is CCC1CCCCN1C(=O)C(C)(C)C(=O)N1CCCC1. The minimum Gasteiger partial charge on any atom is -0.342 e. The zero-order valence-corrected chi connectivity index (χ0v) is 13.2. The van der Waals surface area contributed by atoms with Gasteiger partial charge in [0.15, 0.2) is 0 Å². The van der Waals surface area contributed by atoms with Crippen molar-refractivity contribution >= 4 is 11.8 Å². The maximum Gasteiger partial charge on any atom is 0.237 e. The van der Waals surface area contributed by atoms with E-state index in [9.17, 15) is 9.59 Å². The summed E-state index contributed by atoms with van der Waals surface area (Å²) in [6.07, 6.45) is 6.46. The van der Waals surface area contributed by atoms with Crippen molar-refractivity contribution in [1.82, 2.24) is 9.80 Å². The summed E-state index contributed by atoms with van der Waals surface area (Å²) in [5.41, 5.74) is -0.908. The van der Waals surface area contributed by atoms with Crippen molar-refractivity contribution in [2.75, 3.05) is 19.6 Å². The molecular formula is C16H28N2O2. The Kier molecular flexibility index (Phi) is 4.71. The van der Waals surface area contributed by atoms with Crippen LogP contribution < -0.4 is 0 Å². The lowest BCUT2D eigenvalue weighted by Gasteiger charge is -2.40. The summed E-state index contributed by atoms with van der Waals surface area (Å²) in [5, 5.41) is 0. The maximum absolute atomic E-state index is 12.9. The summed E-state index contributed by atoms with van der Waals surface area (Å²) < 4.78 is 0. The summed E-state index contributed by atoms with van der Waals surface area (Å²) >= 11 is 0. The predicted octanol–water partition coefficient (Wildman–Crippen LogP) is 2.43. The number of nitrogens with zero attached hydrogens (tertiary/aromatic N) is 2. The van der Waals surface area contributed by atoms with E-state index in [2.05, 4.69) is 6.92 Å². The molecule has 2 rings (SSSR count). The third kappa shape index (κ3) is 2.84. The average molecular weight is 280 g/mol. The van der Waals surface area contributed by atoms with Crippen molar-refractivity contribution in [2.24, 2.45) is 5.41 Å². The van der Waals surface area contributed by atoms with Crippen LogP contribution in [0, 0.1) is 5.41 Å². The van der Waals surface area contributed by atoms with E-state index in [1.54, 1.807) is 13.8 Å². The largest absolute Gasteiger partial charge is 0.342 e. The Morgan fingerprint density at radius 3 is 2.20 bits per heavy atom. The molecule has 0 aromatic rings. The highest BCUT2D eigenvalue weighted by Crippen LogP contribution is 2.29. The Hall–Kier alpha value is -1.06. The van der Waals surface area contributed by atoms with Gasteiger partial charge in [-0.1, -0.05) is 6.92 Å². The minimum absolute atomic E-state index is 0.0143. The first kappa shape index (κ1) is 15.3. The van der Waals surface area contributed by atoms with Crippen LogP contribution in [0.1, 0.15) is 59.3 Å². The Morgan fingerprint density at radius 2 is 1.60 bits per heavy atom. The molecule has 2 amide bonds. The van der Waals surface area contributed by atoms with Gasteiger partial charge in [-0.15, -0.1) is 0 Å². The average Bonchev–Trinajstić information content (AvgIpc) is 2.99. The molecule has 4 nitrogen and oxygen atoms in total. The number of likely N-dealkylation sites (tertiary alicyclic amines) is 2. The Bertz CT molecular complexity index is 373. The van der Waals surface area contributed by atoms with Gasteiger partial charge in [0.2, 0.25) is 11.8 Å². The monoisotopic (exact) mass is 280 g/mol. The van der Waals surface area contributed by atoms with Crippen LogP contribution in [0.25, 0.3) is 0 Å². The third-order valence-electron chi connectivity index (χ3n) is 4.82. The quantitative estimate of drug-likeness (QED) is 0.745. The second-order valence-corrected chi connectivity index (χ2v) is 6.68. The minimum atomic E-state index is -0.908. The van der Waals surface area contributed by atoms with Crippen LogP contribution in [0.2, 0.25) is 0 Å². The number of carbonyl (C=O) groups excluding carboxylic acids is 2. The van der Waals surface area contributed by atoms with Gasteiger partial charge in [0.05, 0.1) is 0 Å². The Morgan fingerprint density at radius 1 is 1.00 bits per heavy atom. The lowest BCUT2D eigenvalue weighted by Crippen LogP contribution is -2.54. The van der Waals surface area contributed by atoms with Crippen LogP contribution in [0.5, 0.6) is 0 Å². The highest BCUT2D eigenvalue weighted by molar-refractivity contribution is 6.04. The lowest BCUT2D eigenvalue weighted by atomic mass is 9.87. The lowest BCUT2D eigenvalue weighted by molar-refractivity contribution is -0.155. The maximum atomic E-state index is 12.9. The number of rotatable bonds is 3. The molecule has 1 unspecified atom stereocenters. The first-order valence-electron chi connectivity index (χ1n) is 8.09. The fourth-order valence-electron chi connectivity index (χ4n) is 3.46. The first-order valence-corrected chi connectivity index (χ1v) is 8.09. The molecule has 0 aliphatic carbocycles. The second kappa shape index (κ2) is 6.15. The molecule has 0 N–H and O–H groups in total. The van der Waals surface area contributed by atoms with Gasteiger partial charge >= 0.3 is 0 Å². The molecule has 0 spiro atoms. The summed E-state index contributed by atoms with van der Waals surface area (Å²) in [6.45, 7) is 8.17. The van der Waals surface area contributed by atoms with Crippen molar-refractivity contribution in [3.8, 4) is 0 Å². The fourth-order valence-corrected chi connectivity index (χ4v) is 3.46. The van der Waals surface area contributed by atoms with E-state index in [0.717, 1.165) is 51.7 Å². The summed E-state index contributed by atoms with van der Waals surface area (Å²) in [7, 11) is 0. The van der Waals surface area contributed by atoms with E-state index in [0.29, 0.717) is 6.04 Å². The van der Waals surface area contributed by atoms with Crippen molar-refractivity contribution in [1.29, 1.82) is 0 Å². The van der Waals surface area contributed by atoms with E-state index < -0.39 is 5.41 Å². The molecule has 0 aromatic heterocycles. The summed E-state index contributed by atoms with van der Waals surface area (Å²) in [5.74, 6) is 0.0429. The molecule has 0 bridgehead atoms. The van der Waals surface area contributed by atoms with Crippen molar-refractivity contribution in [2.45, 2.75) is 65.3 Å². The fraction of sp³-hybridized carbons (Fsp3) is 0.875. The highest BCUT2D eigenvalue weighted by Gasteiger charge is 2.43. The first-order chi connectivity index (χ1) is 9.48. The number of piperidine rings is 1. The molecular weight excluding hydrogens is 252 g/mol. The molecule has 2 fully saturated rings. The van der Waals surface area contributed by atoms with Gasteiger partial charge < -0.3 is 9.80 Å². The van der Waals surface area contributed by atoms with Crippen molar-refractivity contribution in [3.63, 3.8) is 0 Å². The van der Waals surface area contributed by atoms with Crippen LogP contribution in [0.15, 0.2) is 0 Å². The van der Waals surface area contributed by atoms with E-state index in [1.807, 2.05) is 9.80 Å². The van der Waals surface area contributed by atoms with Gasteiger partial charge in [-0.2, -0.15) is 0 Å². The molecule has 0 radical (unpaired) electrons. The number of amides is 2. The van der Waals surface area contributed by atoms with Crippen LogP contribution in [0.4, 0.5) is 0 Å². The van der Waals surface area contributed by atoms with Crippen molar-refractivity contribution in [3.05, 3.63) is 0 Å². The topological polar surface area (TPSA) is 40.6 Å². The summed E-state index contributed by atoms with van der Waals surface area (Å²) in [4.78, 5) is 29.3. The van der Waals surface area contributed by atoms with Gasteiger partial charge in [-0.3, -0.25) is 9.59 Å². The normalized spacial score (nSPS) is 24.1. The van der Waals surface area contributed by atoms with E-state index in [1.165, 1.54) is 6.42 Å². The molecule has 0 aromatic carbocycles. The second-order valence-electron chi connectivity index (χ2n) is 6.68. The molecule has 2 heterocycles. The molecule has 1 atom stereocenters. The molecule has 4 heteroatoms. The van der Waals surface area contributed by atoms with Crippen LogP contribution >= 0.6 is 0 Å². The molecule has 2 aliphatic heterocycles. The van der Waals surface area contributed by atoms with Crippen LogP contribution in [0.3, 0.4) is 0 Å². The number of hydrogen-bond acceptors (Lipinski definition) is 2. The number of carbonyl (C=O) groups is 2. The van der Waals surface area contributed by atoms with Gasteiger partial charge in [0, 0.05) is 25.7 Å². The van der Waals surface area contributed by atoms with Crippen LogP contribution in [-0.2, 0) is 9.59 Å². The molecule has 20 heavy (non-hydrogen) atoms. The molecule has 2 saturated heterocycles. The zero-order chi connectivity index (χ0) is 14.8. The molecule has 114 valence electrons. The summed E-state index contributed by atoms with van der Waals surface area (Å²) in [6, 6.07) is 0.321. The van der Waals surface area contributed by atoms with E-state index in [4.69, 9.17) is 0 Å². The smallest absolute Gasteiger partial charge is 0.237 e.